The molecule has 0 radical (unpaired) electrons. The van der Waals surface area contributed by atoms with Crippen molar-refractivity contribution in [2.24, 2.45) is 5.73 Å². The van der Waals surface area contributed by atoms with E-state index in [4.69, 9.17) is 20.9 Å². The van der Waals surface area contributed by atoms with Gasteiger partial charge < -0.3 is 25.8 Å². The van der Waals surface area contributed by atoms with E-state index >= 15 is 0 Å². The summed E-state index contributed by atoms with van der Waals surface area (Å²) in [7, 11) is 2.75. The van der Waals surface area contributed by atoms with Crippen molar-refractivity contribution >= 4 is 17.6 Å². The van der Waals surface area contributed by atoms with Gasteiger partial charge >= 0.3 is 0 Å². The number of primary amides is 1. The van der Waals surface area contributed by atoms with E-state index in [0.717, 1.165) is 0 Å². The standard InChI is InChI=1S/C21H22FN5O4/c1-4-17(28)26-8-7-13(11-26)27-20(23)18(21(24)29)15(25-27)6-5-12-9-14(30-2)10-16(31-3)19(12)22/h4,9-10,13H,1,7-8,11,23H2,2-3H3,(H2,24,29). The van der Waals surface area contributed by atoms with Gasteiger partial charge in [-0.05, 0) is 24.5 Å². The van der Waals surface area contributed by atoms with E-state index in [0.29, 0.717) is 25.3 Å². The Balaban J connectivity index is 2.01. The van der Waals surface area contributed by atoms with Crippen molar-refractivity contribution in [2.75, 3.05) is 33.0 Å². The number of halogens is 1. The smallest absolute Gasteiger partial charge is 0.255 e. The molecule has 1 saturated heterocycles. The Morgan fingerprint density at radius 1 is 1.32 bits per heavy atom. The number of carbonyl (C=O) groups excluding carboxylic acids is 2. The number of nitrogen functional groups attached to an aromatic ring is 1. The minimum absolute atomic E-state index is 0.0108. The number of nitrogens with zero attached hydrogens (tertiary/aromatic N) is 3. The van der Waals surface area contributed by atoms with Crippen LogP contribution in [0, 0.1) is 17.7 Å². The molecule has 4 N–H and O–H groups in total. The number of benzene rings is 1. The first-order chi connectivity index (χ1) is 14.8. The molecule has 2 amide bonds. The Kier molecular flexibility index (Phi) is 6.15. The first-order valence-electron chi connectivity index (χ1n) is 9.33. The van der Waals surface area contributed by atoms with Gasteiger partial charge in [0, 0.05) is 19.2 Å². The molecule has 2 aromatic rings. The van der Waals surface area contributed by atoms with E-state index < -0.39 is 11.7 Å². The van der Waals surface area contributed by atoms with E-state index in [1.807, 2.05) is 0 Å². The molecule has 1 atom stereocenters. The van der Waals surface area contributed by atoms with Crippen LogP contribution in [-0.2, 0) is 4.79 Å². The molecule has 1 aliphatic rings. The molecule has 0 saturated carbocycles. The Hall–Kier alpha value is -4.00. The van der Waals surface area contributed by atoms with Crippen LogP contribution in [0.25, 0.3) is 0 Å². The van der Waals surface area contributed by atoms with E-state index in [-0.39, 0.29) is 40.3 Å². The number of rotatable bonds is 5. The Bertz CT molecular complexity index is 1120. The monoisotopic (exact) mass is 427 g/mol. The molecule has 0 bridgehead atoms. The largest absolute Gasteiger partial charge is 0.497 e. The highest BCUT2D eigenvalue weighted by molar-refractivity contribution is 5.99. The average Bonchev–Trinajstić information content (AvgIpc) is 3.36. The highest BCUT2D eigenvalue weighted by Gasteiger charge is 2.30. The normalized spacial score (nSPS) is 15.2. The van der Waals surface area contributed by atoms with Crippen molar-refractivity contribution in [3.05, 3.63) is 47.4 Å². The third-order valence-electron chi connectivity index (χ3n) is 4.97. The lowest BCUT2D eigenvalue weighted by Crippen LogP contribution is -2.27. The third-order valence-corrected chi connectivity index (χ3v) is 4.97. The maximum absolute atomic E-state index is 14.6. The number of carbonyl (C=O) groups is 2. The summed E-state index contributed by atoms with van der Waals surface area (Å²) in [6.07, 6.45) is 1.82. The Morgan fingerprint density at radius 2 is 2.06 bits per heavy atom. The molecule has 1 fully saturated rings. The van der Waals surface area contributed by atoms with Crippen LogP contribution in [0.1, 0.15) is 34.1 Å². The second kappa shape index (κ2) is 8.79. The lowest BCUT2D eigenvalue weighted by atomic mass is 10.1. The summed E-state index contributed by atoms with van der Waals surface area (Å²) in [6.45, 7) is 4.33. The topological polar surface area (TPSA) is 126 Å². The molecular formula is C21H22FN5O4. The van der Waals surface area contributed by atoms with Gasteiger partial charge in [-0.15, -0.1) is 0 Å². The number of ether oxygens (including phenoxy) is 2. The summed E-state index contributed by atoms with van der Waals surface area (Å²) in [5.41, 5.74) is 11.5. The number of hydrogen-bond acceptors (Lipinski definition) is 6. The van der Waals surface area contributed by atoms with Crippen LogP contribution < -0.4 is 20.9 Å². The number of amides is 2. The van der Waals surface area contributed by atoms with Crippen LogP contribution in [0.15, 0.2) is 24.8 Å². The van der Waals surface area contributed by atoms with Crippen LogP contribution in [0.2, 0.25) is 0 Å². The molecule has 2 heterocycles. The first kappa shape index (κ1) is 21.7. The van der Waals surface area contributed by atoms with E-state index in [9.17, 15) is 14.0 Å². The molecule has 0 aliphatic carbocycles. The van der Waals surface area contributed by atoms with Gasteiger partial charge in [-0.25, -0.2) is 9.07 Å². The van der Waals surface area contributed by atoms with Crippen molar-refractivity contribution in [3.8, 4) is 23.3 Å². The molecular weight excluding hydrogens is 405 g/mol. The van der Waals surface area contributed by atoms with Crippen molar-refractivity contribution in [2.45, 2.75) is 12.5 Å². The molecule has 3 rings (SSSR count). The molecule has 1 aromatic heterocycles. The van der Waals surface area contributed by atoms with Crippen LogP contribution in [-0.4, -0.2) is 53.8 Å². The minimum Gasteiger partial charge on any atom is -0.497 e. The minimum atomic E-state index is -0.811. The average molecular weight is 427 g/mol. The van der Waals surface area contributed by atoms with Crippen molar-refractivity contribution < 1.29 is 23.5 Å². The van der Waals surface area contributed by atoms with Gasteiger partial charge in [-0.2, -0.15) is 5.10 Å². The third kappa shape index (κ3) is 4.16. The van der Waals surface area contributed by atoms with E-state index in [2.05, 4.69) is 23.5 Å². The fourth-order valence-corrected chi connectivity index (χ4v) is 3.38. The van der Waals surface area contributed by atoms with Crippen LogP contribution in [0.4, 0.5) is 10.2 Å². The zero-order valence-electron chi connectivity index (χ0n) is 17.1. The molecule has 9 nitrogen and oxygen atoms in total. The van der Waals surface area contributed by atoms with Crippen molar-refractivity contribution in [1.82, 2.24) is 14.7 Å². The molecule has 1 aliphatic heterocycles. The maximum Gasteiger partial charge on any atom is 0.255 e. The number of likely N-dealkylation sites (tertiary alicyclic amines) is 1. The zero-order chi connectivity index (χ0) is 22.7. The number of methoxy groups -OCH3 is 2. The van der Waals surface area contributed by atoms with Gasteiger partial charge in [0.25, 0.3) is 5.91 Å². The van der Waals surface area contributed by atoms with Crippen LogP contribution >= 0.6 is 0 Å². The molecule has 1 unspecified atom stereocenters. The van der Waals surface area contributed by atoms with E-state index in [1.165, 1.54) is 37.1 Å². The fraction of sp³-hybridized carbons (Fsp3) is 0.286. The Labute approximate surface area is 178 Å². The summed E-state index contributed by atoms with van der Waals surface area (Å²) < 4.78 is 26.1. The number of hydrogen-bond donors (Lipinski definition) is 2. The summed E-state index contributed by atoms with van der Waals surface area (Å²) in [4.78, 5) is 25.4. The quantitative estimate of drug-likeness (QED) is 0.543. The van der Waals surface area contributed by atoms with Crippen molar-refractivity contribution in [1.29, 1.82) is 0 Å². The van der Waals surface area contributed by atoms with Gasteiger partial charge in [0.2, 0.25) is 5.91 Å². The summed E-state index contributed by atoms with van der Waals surface area (Å²) in [5, 5.41) is 4.33. The van der Waals surface area contributed by atoms with Crippen LogP contribution in [0.3, 0.4) is 0 Å². The second-order valence-corrected chi connectivity index (χ2v) is 6.79. The van der Waals surface area contributed by atoms with Gasteiger partial charge in [-0.3, -0.25) is 9.59 Å². The summed E-state index contributed by atoms with van der Waals surface area (Å²) in [5.74, 6) is 3.96. The molecule has 10 heteroatoms. The fourth-order valence-electron chi connectivity index (χ4n) is 3.38. The van der Waals surface area contributed by atoms with Gasteiger partial charge in [0.05, 0.1) is 25.8 Å². The SMILES string of the molecule is C=CC(=O)N1CCC(n2nc(C#Cc3cc(OC)cc(OC)c3F)c(C(N)=O)c2N)C1. The van der Waals surface area contributed by atoms with Crippen molar-refractivity contribution in [3.63, 3.8) is 0 Å². The van der Waals surface area contributed by atoms with Gasteiger partial charge in [-0.1, -0.05) is 12.5 Å². The highest BCUT2D eigenvalue weighted by atomic mass is 19.1. The Morgan fingerprint density at radius 3 is 2.68 bits per heavy atom. The second-order valence-electron chi connectivity index (χ2n) is 6.79. The molecule has 31 heavy (non-hydrogen) atoms. The zero-order valence-corrected chi connectivity index (χ0v) is 17.1. The predicted molar refractivity (Wildman–Crippen MR) is 111 cm³/mol. The number of anilines is 1. The van der Waals surface area contributed by atoms with Crippen LogP contribution in [0.5, 0.6) is 11.5 Å². The summed E-state index contributed by atoms with van der Waals surface area (Å²) in [6, 6.07) is 2.52. The maximum atomic E-state index is 14.6. The lowest BCUT2D eigenvalue weighted by Gasteiger charge is -2.15. The highest BCUT2D eigenvalue weighted by Crippen LogP contribution is 2.29. The number of nitrogens with two attached hydrogens (primary N) is 2. The van der Waals surface area contributed by atoms with Gasteiger partial charge in [0.15, 0.2) is 17.3 Å². The predicted octanol–water partition coefficient (Wildman–Crippen LogP) is 1.08. The van der Waals surface area contributed by atoms with Gasteiger partial charge in [0.1, 0.15) is 17.1 Å². The lowest BCUT2D eigenvalue weighted by molar-refractivity contribution is -0.125. The van der Waals surface area contributed by atoms with E-state index in [1.54, 1.807) is 4.90 Å². The molecule has 1 aromatic carbocycles. The first-order valence-corrected chi connectivity index (χ1v) is 9.33. The molecule has 0 spiro atoms. The molecule has 162 valence electrons. The summed E-state index contributed by atoms with van der Waals surface area (Å²) >= 11 is 0. The number of aromatic nitrogens is 2.